The zero-order valence-corrected chi connectivity index (χ0v) is 19.2. The molecule has 0 aromatic heterocycles. The number of hydrogen-bond donors (Lipinski definition) is 2. The van der Waals surface area contributed by atoms with Crippen molar-refractivity contribution in [2.24, 2.45) is 22.2 Å². The summed E-state index contributed by atoms with van der Waals surface area (Å²) in [6, 6.07) is 0.518. The molecule has 0 bridgehead atoms. The molecule has 168 valence electrons. The number of ether oxygens (including phenoxy) is 2. The lowest BCUT2D eigenvalue weighted by molar-refractivity contribution is -0.0823. The van der Waals surface area contributed by atoms with Crippen LogP contribution < -0.4 is 10.6 Å². The van der Waals surface area contributed by atoms with E-state index in [9.17, 15) is 0 Å². The number of guanidine groups is 1. The van der Waals surface area contributed by atoms with Gasteiger partial charge in [-0.1, -0.05) is 20.8 Å². The minimum absolute atomic E-state index is 0.170. The summed E-state index contributed by atoms with van der Waals surface area (Å²) in [5.41, 5.74) is 0.170. The smallest absolute Gasteiger partial charge is 0.191 e. The quantitative estimate of drug-likeness (QED) is 0.523. The van der Waals surface area contributed by atoms with E-state index >= 15 is 0 Å². The fraction of sp³-hybridized carbons (Fsp3) is 0.957. The maximum absolute atomic E-state index is 6.14. The molecule has 0 saturated carbocycles. The van der Waals surface area contributed by atoms with Crippen LogP contribution in [0.3, 0.4) is 0 Å². The highest BCUT2D eigenvalue weighted by Crippen LogP contribution is 2.34. The van der Waals surface area contributed by atoms with E-state index in [-0.39, 0.29) is 5.41 Å². The lowest BCUT2D eigenvalue weighted by Gasteiger charge is -2.39. The molecule has 0 amide bonds. The zero-order chi connectivity index (χ0) is 20.7. The van der Waals surface area contributed by atoms with Crippen molar-refractivity contribution < 1.29 is 9.47 Å². The Kier molecular flexibility index (Phi) is 8.63. The molecule has 0 aliphatic carbocycles. The van der Waals surface area contributed by atoms with E-state index in [4.69, 9.17) is 14.5 Å². The van der Waals surface area contributed by atoms with Crippen LogP contribution in [0.1, 0.15) is 59.8 Å². The van der Waals surface area contributed by atoms with Gasteiger partial charge in [0, 0.05) is 57.9 Å². The third-order valence-electron chi connectivity index (χ3n) is 6.60. The van der Waals surface area contributed by atoms with Crippen LogP contribution in [-0.4, -0.2) is 75.5 Å². The van der Waals surface area contributed by atoms with Gasteiger partial charge in [0.25, 0.3) is 0 Å². The Hall–Kier alpha value is -0.850. The molecule has 3 saturated heterocycles. The SMILES string of the molecule is CCNC(=NCC1CCCOC1C(C)(C)C)NC1CCN(CC2CCOC2)CC1. The minimum Gasteiger partial charge on any atom is -0.381 e. The van der Waals surface area contributed by atoms with Gasteiger partial charge in [0.1, 0.15) is 0 Å². The van der Waals surface area contributed by atoms with E-state index in [1.54, 1.807) is 0 Å². The molecule has 0 aromatic rings. The Morgan fingerprint density at radius 1 is 1.10 bits per heavy atom. The van der Waals surface area contributed by atoms with Crippen LogP contribution in [0.15, 0.2) is 4.99 Å². The molecule has 29 heavy (non-hydrogen) atoms. The lowest BCUT2D eigenvalue weighted by atomic mass is 9.78. The summed E-state index contributed by atoms with van der Waals surface area (Å²) < 4.78 is 11.7. The molecule has 3 aliphatic rings. The average molecular weight is 409 g/mol. The van der Waals surface area contributed by atoms with E-state index in [0.717, 1.165) is 51.2 Å². The van der Waals surface area contributed by atoms with Crippen LogP contribution in [0, 0.1) is 17.3 Å². The van der Waals surface area contributed by atoms with Crippen LogP contribution in [0.25, 0.3) is 0 Å². The van der Waals surface area contributed by atoms with Gasteiger partial charge in [-0.05, 0) is 50.4 Å². The number of rotatable bonds is 6. The van der Waals surface area contributed by atoms with Gasteiger partial charge in [0.2, 0.25) is 0 Å². The second-order valence-corrected chi connectivity index (χ2v) is 10.2. The van der Waals surface area contributed by atoms with Gasteiger partial charge in [-0.15, -0.1) is 0 Å². The van der Waals surface area contributed by atoms with Crippen molar-refractivity contribution in [2.45, 2.75) is 71.9 Å². The fourth-order valence-corrected chi connectivity index (χ4v) is 5.06. The zero-order valence-electron chi connectivity index (χ0n) is 19.2. The van der Waals surface area contributed by atoms with E-state index < -0.39 is 0 Å². The standard InChI is InChI=1S/C23H44N4O2/c1-5-24-22(25-15-19-7-6-13-29-21(19)23(2,3)4)26-20-8-11-27(12-9-20)16-18-10-14-28-17-18/h18-21H,5-17H2,1-4H3,(H2,24,25,26). The molecule has 6 heteroatoms. The number of aliphatic imine (C=N–C) groups is 1. The molecule has 0 radical (unpaired) electrons. The van der Waals surface area contributed by atoms with E-state index in [2.05, 4.69) is 43.2 Å². The highest BCUT2D eigenvalue weighted by atomic mass is 16.5. The molecular weight excluding hydrogens is 364 g/mol. The van der Waals surface area contributed by atoms with Crippen molar-refractivity contribution in [3.8, 4) is 0 Å². The molecule has 3 atom stereocenters. The van der Waals surface area contributed by atoms with Gasteiger partial charge in [-0.3, -0.25) is 4.99 Å². The Bertz CT molecular complexity index is 505. The second kappa shape index (κ2) is 11.0. The maximum atomic E-state index is 6.14. The van der Waals surface area contributed by atoms with Crippen LogP contribution >= 0.6 is 0 Å². The van der Waals surface area contributed by atoms with E-state index in [0.29, 0.717) is 18.1 Å². The number of nitrogens with one attached hydrogen (secondary N) is 2. The molecule has 0 aromatic carbocycles. The second-order valence-electron chi connectivity index (χ2n) is 10.2. The number of likely N-dealkylation sites (tertiary alicyclic amines) is 1. The molecule has 3 unspecified atom stereocenters. The summed E-state index contributed by atoms with van der Waals surface area (Å²) in [4.78, 5) is 7.60. The van der Waals surface area contributed by atoms with E-state index in [1.165, 1.54) is 45.3 Å². The fourth-order valence-electron chi connectivity index (χ4n) is 5.06. The van der Waals surface area contributed by atoms with Gasteiger partial charge in [-0.2, -0.15) is 0 Å². The van der Waals surface area contributed by atoms with Gasteiger partial charge in [0.05, 0.1) is 12.7 Å². The molecule has 3 rings (SSSR count). The normalized spacial score (nSPS) is 30.5. The molecule has 0 spiro atoms. The number of hydrogen-bond acceptors (Lipinski definition) is 4. The Balaban J connectivity index is 1.47. The van der Waals surface area contributed by atoms with Crippen molar-refractivity contribution in [1.82, 2.24) is 15.5 Å². The lowest BCUT2D eigenvalue weighted by Crippen LogP contribution is -2.49. The molecule has 3 fully saturated rings. The van der Waals surface area contributed by atoms with Crippen molar-refractivity contribution in [3.05, 3.63) is 0 Å². The van der Waals surface area contributed by atoms with Crippen molar-refractivity contribution in [3.63, 3.8) is 0 Å². The molecule has 3 heterocycles. The Labute approximate surface area is 178 Å². The highest BCUT2D eigenvalue weighted by molar-refractivity contribution is 5.80. The monoisotopic (exact) mass is 408 g/mol. The van der Waals surface area contributed by atoms with Crippen LogP contribution in [0.2, 0.25) is 0 Å². The summed E-state index contributed by atoms with van der Waals surface area (Å²) in [6.45, 7) is 17.1. The maximum Gasteiger partial charge on any atom is 0.191 e. The van der Waals surface area contributed by atoms with Gasteiger partial charge in [-0.25, -0.2) is 0 Å². The predicted molar refractivity (Wildman–Crippen MR) is 119 cm³/mol. The minimum atomic E-state index is 0.170. The first-order valence-electron chi connectivity index (χ1n) is 11.9. The summed E-state index contributed by atoms with van der Waals surface area (Å²) >= 11 is 0. The summed E-state index contributed by atoms with van der Waals surface area (Å²) in [5, 5.41) is 7.17. The molecule has 2 N–H and O–H groups in total. The van der Waals surface area contributed by atoms with Gasteiger partial charge < -0.3 is 25.0 Å². The first kappa shape index (κ1) is 22.8. The Morgan fingerprint density at radius 2 is 1.90 bits per heavy atom. The number of piperidine rings is 1. The predicted octanol–water partition coefficient (Wildman–Crippen LogP) is 2.88. The first-order chi connectivity index (χ1) is 14.0. The average Bonchev–Trinajstić information content (AvgIpc) is 3.20. The largest absolute Gasteiger partial charge is 0.381 e. The van der Waals surface area contributed by atoms with Crippen molar-refractivity contribution in [2.75, 3.05) is 52.5 Å². The van der Waals surface area contributed by atoms with E-state index in [1.807, 2.05) is 0 Å². The van der Waals surface area contributed by atoms with Gasteiger partial charge >= 0.3 is 0 Å². The van der Waals surface area contributed by atoms with Crippen LogP contribution in [-0.2, 0) is 9.47 Å². The highest BCUT2D eigenvalue weighted by Gasteiger charge is 2.35. The molecule has 6 nitrogen and oxygen atoms in total. The summed E-state index contributed by atoms with van der Waals surface area (Å²) in [7, 11) is 0. The van der Waals surface area contributed by atoms with Crippen LogP contribution in [0.5, 0.6) is 0 Å². The molecule has 3 aliphatic heterocycles. The topological polar surface area (TPSA) is 58.1 Å². The Morgan fingerprint density at radius 3 is 2.55 bits per heavy atom. The molecular formula is C23H44N4O2. The third kappa shape index (κ3) is 7.11. The summed E-state index contributed by atoms with van der Waals surface area (Å²) in [5.74, 6) is 2.23. The summed E-state index contributed by atoms with van der Waals surface area (Å²) in [6.07, 6.45) is 6.28. The number of nitrogens with zero attached hydrogens (tertiary/aromatic N) is 2. The third-order valence-corrected chi connectivity index (χ3v) is 6.60. The van der Waals surface area contributed by atoms with Crippen molar-refractivity contribution >= 4 is 5.96 Å². The first-order valence-corrected chi connectivity index (χ1v) is 11.9. The van der Waals surface area contributed by atoms with Gasteiger partial charge in [0.15, 0.2) is 5.96 Å². The van der Waals surface area contributed by atoms with Crippen LogP contribution in [0.4, 0.5) is 0 Å². The van der Waals surface area contributed by atoms with Crippen molar-refractivity contribution in [1.29, 1.82) is 0 Å².